The lowest BCUT2D eigenvalue weighted by Crippen LogP contribution is -2.34. The second-order valence-electron chi connectivity index (χ2n) is 5.98. The molecular formula is C16H19ClN2O2S. The van der Waals surface area contributed by atoms with Crippen molar-refractivity contribution in [2.24, 2.45) is 0 Å². The van der Waals surface area contributed by atoms with Crippen molar-refractivity contribution in [1.29, 1.82) is 0 Å². The first-order valence-corrected chi connectivity index (χ1v) is 9.76. The summed E-state index contributed by atoms with van der Waals surface area (Å²) in [5.41, 5.74) is 1.84. The zero-order valence-corrected chi connectivity index (χ0v) is 14.0. The number of nitrogens with one attached hydrogen (secondary N) is 1. The lowest BCUT2D eigenvalue weighted by atomic mass is 9.94. The average molecular weight is 339 g/mol. The first kappa shape index (κ1) is 15.6. The zero-order valence-electron chi connectivity index (χ0n) is 12.4. The maximum absolute atomic E-state index is 11.8. The van der Waals surface area contributed by atoms with Crippen LogP contribution < -0.4 is 5.32 Å². The fraction of sp³-hybridized carbons (Fsp3) is 0.438. The molecule has 1 aliphatic rings. The van der Waals surface area contributed by atoms with Crippen molar-refractivity contribution in [2.45, 2.75) is 37.0 Å². The van der Waals surface area contributed by atoms with Crippen molar-refractivity contribution >= 4 is 38.0 Å². The molecule has 0 aliphatic heterocycles. The Hall–Kier alpha value is -1.33. The third kappa shape index (κ3) is 3.36. The minimum absolute atomic E-state index is 0.165. The molecule has 118 valence electrons. The number of halogens is 1. The van der Waals surface area contributed by atoms with Gasteiger partial charge >= 0.3 is 0 Å². The molecule has 0 saturated heterocycles. The van der Waals surface area contributed by atoms with Crippen molar-refractivity contribution in [1.82, 2.24) is 4.98 Å². The SMILES string of the molecule is CS(=O)(=O)C1CCCC(Nc2ccnc3ccc(Cl)cc23)C1. The van der Waals surface area contributed by atoms with Crippen molar-refractivity contribution in [3.05, 3.63) is 35.5 Å². The lowest BCUT2D eigenvalue weighted by molar-refractivity contribution is 0.453. The largest absolute Gasteiger partial charge is 0.382 e. The Morgan fingerprint density at radius 2 is 2.09 bits per heavy atom. The molecule has 1 N–H and O–H groups in total. The third-order valence-electron chi connectivity index (χ3n) is 4.29. The molecule has 0 spiro atoms. The van der Waals surface area contributed by atoms with Crippen LogP contribution >= 0.6 is 11.6 Å². The Bertz CT molecular complexity index is 792. The molecule has 0 amide bonds. The highest BCUT2D eigenvalue weighted by Gasteiger charge is 2.28. The zero-order chi connectivity index (χ0) is 15.7. The van der Waals surface area contributed by atoms with Crippen LogP contribution in [0.4, 0.5) is 5.69 Å². The molecule has 1 aromatic heterocycles. The van der Waals surface area contributed by atoms with E-state index in [0.717, 1.165) is 35.9 Å². The first-order valence-electron chi connectivity index (χ1n) is 7.43. The van der Waals surface area contributed by atoms with Crippen LogP contribution in [-0.4, -0.2) is 30.9 Å². The van der Waals surface area contributed by atoms with Crippen molar-refractivity contribution < 1.29 is 8.42 Å². The summed E-state index contributed by atoms with van der Waals surface area (Å²) < 4.78 is 23.6. The molecule has 2 atom stereocenters. The second-order valence-corrected chi connectivity index (χ2v) is 8.74. The summed E-state index contributed by atoms with van der Waals surface area (Å²) in [6, 6.07) is 7.69. The van der Waals surface area contributed by atoms with E-state index < -0.39 is 9.84 Å². The van der Waals surface area contributed by atoms with Gasteiger partial charge in [-0.3, -0.25) is 4.98 Å². The normalized spacial score (nSPS) is 22.6. The maximum Gasteiger partial charge on any atom is 0.150 e. The number of nitrogens with zero attached hydrogens (tertiary/aromatic N) is 1. The number of pyridine rings is 1. The summed E-state index contributed by atoms with van der Waals surface area (Å²) in [6.07, 6.45) is 6.43. The molecule has 0 bridgehead atoms. The van der Waals surface area contributed by atoms with E-state index in [1.165, 1.54) is 6.26 Å². The number of hydrogen-bond acceptors (Lipinski definition) is 4. The van der Waals surface area contributed by atoms with Gasteiger partial charge in [0.05, 0.1) is 10.8 Å². The summed E-state index contributed by atoms with van der Waals surface area (Å²) in [6.45, 7) is 0. The number of rotatable bonds is 3. The highest BCUT2D eigenvalue weighted by Crippen LogP contribution is 2.30. The number of fused-ring (bicyclic) bond motifs is 1. The van der Waals surface area contributed by atoms with E-state index in [0.29, 0.717) is 11.4 Å². The van der Waals surface area contributed by atoms with Crippen LogP contribution in [0, 0.1) is 0 Å². The Labute approximate surface area is 135 Å². The van der Waals surface area contributed by atoms with E-state index >= 15 is 0 Å². The third-order valence-corrected chi connectivity index (χ3v) is 6.17. The molecule has 1 aromatic carbocycles. The predicted molar refractivity (Wildman–Crippen MR) is 91.3 cm³/mol. The molecule has 1 heterocycles. The van der Waals surface area contributed by atoms with Crippen LogP contribution in [0.3, 0.4) is 0 Å². The molecule has 22 heavy (non-hydrogen) atoms. The molecule has 3 rings (SSSR count). The summed E-state index contributed by atoms with van der Waals surface area (Å²) >= 11 is 6.08. The highest BCUT2D eigenvalue weighted by molar-refractivity contribution is 7.91. The smallest absolute Gasteiger partial charge is 0.150 e. The first-order chi connectivity index (χ1) is 10.4. The van der Waals surface area contributed by atoms with E-state index in [1.807, 2.05) is 24.3 Å². The molecule has 6 heteroatoms. The average Bonchev–Trinajstić information content (AvgIpc) is 2.47. The monoisotopic (exact) mass is 338 g/mol. The van der Waals surface area contributed by atoms with Gasteiger partial charge in [-0.05, 0) is 43.5 Å². The predicted octanol–water partition coefficient (Wildman–Crippen LogP) is 3.66. The van der Waals surface area contributed by atoms with Crippen LogP contribution in [0.2, 0.25) is 5.02 Å². The number of hydrogen-bond donors (Lipinski definition) is 1. The number of aromatic nitrogens is 1. The minimum atomic E-state index is -2.97. The quantitative estimate of drug-likeness (QED) is 0.927. The Kier molecular flexibility index (Phi) is 4.28. The van der Waals surface area contributed by atoms with Crippen molar-refractivity contribution in [2.75, 3.05) is 11.6 Å². The van der Waals surface area contributed by atoms with Gasteiger partial charge in [-0.15, -0.1) is 0 Å². The molecule has 2 aromatic rings. The van der Waals surface area contributed by atoms with E-state index in [9.17, 15) is 8.42 Å². The molecule has 1 fully saturated rings. The fourth-order valence-corrected chi connectivity index (χ4v) is 4.48. The Morgan fingerprint density at radius 3 is 2.86 bits per heavy atom. The summed E-state index contributed by atoms with van der Waals surface area (Å²) in [5, 5.41) is 4.89. The van der Waals surface area contributed by atoms with E-state index in [4.69, 9.17) is 11.6 Å². The summed E-state index contributed by atoms with van der Waals surface area (Å²) in [4.78, 5) is 4.34. The molecule has 0 radical (unpaired) electrons. The van der Waals surface area contributed by atoms with Crippen LogP contribution in [0.5, 0.6) is 0 Å². The van der Waals surface area contributed by atoms with Crippen LogP contribution in [0.1, 0.15) is 25.7 Å². The lowest BCUT2D eigenvalue weighted by Gasteiger charge is -2.29. The van der Waals surface area contributed by atoms with Crippen LogP contribution in [-0.2, 0) is 9.84 Å². The molecule has 2 unspecified atom stereocenters. The van der Waals surface area contributed by atoms with Crippen LogP contribution in [0.15, 0.2) is 30.5 Å². The van der Waals surface area contributed by atoms with Gasteiger partial charge in [-0.1, -0.05) is 18.0 Å². The van der Waals surface area contributed by atoms with Crippen LogP contribution in [0.25, 0.3) is 10.9 Å². The van der Waals surface area contributed by atoms with Gasteiger partial charge in [0, 0.05) is 34.6 Å². The molecule has 1 saturated carbocycles. The Balaban J connectivity index is 1.85. The van der Waals surface area contributed by atoms with Gasteiger partial charge in [-0.25, -0.2) is 8.42 Å². The Morgan fingerprint density at radius 1 is 1.27 bits per heavy atom. The number of sulfone groups is 1. The fourth-order valence-electron chi connectivity index (χ4n) is 3.13. The maximum atomic E-state index is 11.8. The van der Waals surface area contributed by atoms with Gasteiger partial charge in [-0.2, -0.15) is 0 Å². The van der Waals surface area contributed by atoms with Gasteiger partial charge in [0.2, 0.25) is 0 Å². The summed E-state index contributed by atoms with van der Waals surface area (Å²) in [7, 11) is -2.97. The van der Waals surface area contributed by atoms with E-state index in [2.05, 4.69) is 10.3 Å². The second kappa shape index (κ2) is 6.05. The number of benzene rings is 1. The van der Waals surface area contributed by atoms with Gasteiger partial charge in [0.25, 0.3) is 0 Å². The standard InChI is InChI=1S/C16H19ClN2O2S/c1-22(20,21)13-4-2-3-12(10-13)19-16-7-8-18-15-6-5-11(17)9-14(15)16/h5-9,12-13H,2-4,10H2,1H3,(H,18,19). The highest BCUT2D eigenvalue weighted by atomic mass is 35.5. The van der Waals surface area contributed by atoms with E-state index in [1.54, 1.807) is 6.20 Å². The van der Waals surface area contributed by atoms with Gasteiger partial charge in [0.15, 0.2) is 0 Å². The topological polar surface area (TPSA) is 59.1 Å². The summed E-state index contributed by atoms with van der Waals surface area (Å²) in [5.74, 6) is 0. The van der Waals surface area contributed by atoms with E-state index in [-0.39, 0.29) is 11.3 Å². The molecule has 4 nitrogen and oxygen atoms in total. The number of anilines is 1. The van der Waals surface area contributed by atoms with Gasteiger partial charge in [0.1, 0.15) is 9.84 Å². The molecular weight excluding hydrogens is 320 g/mol. The molecule has 1 aliphatic carbocycles. The van der Waals surface area contributed by atoms with Gasteiger partial charge < -0.3 is 5.32 Å². The van der Waals surface area contributed by atoms with Crippen molar-refractivity contribution in [3.8, 4) is 0 Å². The van der Waals surface area contributed by atoms with Crippen molar-refractivity contribution in [3.63, 3.8) is 0 Å². The minimum Gasteiger partial charge on any atom is -0.382 e.